The summed E-state index contributed by atoms with van der Waals surface area (Å²) < 4.78 is 149. The van der Waals surface area contributed by atoms with Crippen molar-refractivity contribution in [1.29, 1.82) is 0 Å². The molecule has 0 aromatic heterocycles. The van der Waals surface area contributed by atoms with Crippen LogP contribution in [0.1, 0.15) is 70.9 Å². The van der Waals surface area contributed by atoms with Crippen LogP contribution >= 0.6 is 0 Å². The number of hydrogen-bond donors (Lipinski definition) is 4. The van der Waals surface area contributed by atoms with E-state index in [0.717, 1.165) is 11.8 Å². The van der Waals surface area contributed by atoms with Gasteiger partial charge in [-0.1, -0.05) is 30.7 Å². The molecule has 0 radical (unpaired) electrons. The van der Waals surface area contributed by atoms with Gasteiger partial charge in [0.1, 0.15) is 21.6 Å². The molecule has 0 fully saturated rings. The van der Waals surface area contributed by atoms with Gasteiger partial charge in [0.15, 0.2) is 5.71 Å². The maximum atomic E-state index is 12.6. The van der Waals surface area contributed by atoms with Gasteiger partial charge in [-0.15, -0.1) is 0 Å². The number of rotatable bonds is 17. The van der Waals surface area contributed by atoms with Crippen molar-refractivity contribution >= 4 is 85.1 Å². The van der Waals surface area contributed by atoms with Crippen LogP contribution in [0, 0.1) is 0 Å². The minimum Gasteiger partial charge on any atom is -0.744 e. The average Bonchev–Trinajstić information content (AvgIpc) is 3.56. The van der Waals surface area contributed by atoms with Crippen LogP contribution in [0.2, 0.25) is 0 Å². The summed E-state index contributed by atoms with van der Waals surface area (Å²) in [5.41, 5.74) is 1.78. The second kappa shape index (κ2) is 17.5. The fourth-order valence-electron chi connectivity index (χ4n) is 9.08. The first-order valence-electron chi connectivity index (χ1n) is 20.0. The van der Waals surface area contributed by atoms with E-state index < -0.39 is 76.9 Å². The van der Waals surface area contributed by atoms with Gasteiger partial charge in [-0.2, -0.15) is 29.8 Å². The zero-order chi connectivity index (χ0) is 47.4. The highest BCUT2D eigenvalue weighted by molar-refractivity contribution is 7.87. The minimum atomic E-state index is -5.18. The molecule has 4 aromatic rings. The highest BCUT2D eigenvalue weighted by atomic mass is 32.2. The predicted octanol–water partition coefficient (Wildman–Crippen LogP) is 6.49. The van der Waals surface area contributed by atoms with Crippen molar-refractivity contribution in [3.8, 4) is 0 Å². The number of carboxylic acids is 1. The Morgan fingerprint density at radius 1 is 0.766 bits per heavy atom. The summed E-state index contributed by atoms with van der Waals surface area (Å²) in [5.74, 6) is -0.929. The number of allylic oxidation sites excluding steroid dienone is 6. The Labute approximate surface area is 372 Å². The molecule has 2 aliphatic rings. The molecule has 0 bridgehead atoms. The van der Waals surface area contributed by atoms with Crippen LogP contribution in [-0.4, -0.2) is 100 Å². The zero-order valence-electron chi connectivity index (χ0n) is 35.5. The fourth-order valence-corrected chi connectivity index (χ4v) is 11.7. The molecular weight excluding hydrogens is 913 g/mol. The molecule has 0 aliphatic carbocycles. The number of nitrogens with zero attached hydrogens (tertiary/aromatic N) is 2. The van der Waals surface area contributed by atoms with Gasteiger partial charge in [-0.25, -0.2) is 8.42 Å². The molecule has 1 atom stereocenters. The largest absolute Gasteiger partial charge is 0.744 e. The molecule has 64 heavy (non-hydrogen) atoms. The van der Waals surface area contributed by atoms with Crippen LogP contribution in [0.4, 0.5) is 11.4 Å². The Morgan fingerprint density at radius 3 is 1.92 bits per heavy atom. The summed E-state index contributed by atoms with van der Waals surface area (Å²) in [4.78, 5) is 10.2. The normalized spacial score (nSPS) is 18.6. The third-order valence-electron chi connectivity index (χ3n) is 11.9. The van der Waals surface area contributed by atoms with E-state index in [1.165, 1.54) is 25.3 Å². The van der Waals surface area contributed by atoms with Crippen LogP contribution in [-0.2, 0) is 60.8 Å². The van der Waals surface area contributed by atoms with E-state index in [4.69, 9.17) is 4.74 Å². The number of carbonyl (C=O) groups is 1. The van der Waals surface area contributed by atoms with Crippen molar-refractivity contribution < 1.29 is 71.1 Å². The summed E-state index contributed by atoms with van der Waals surface area (Å²) in [7, 11) is -18.5. The molecule has 4 N–H and O–H groups in total. The number of fused-ring (bicyclic) bond motifs is 6. The molecule has 17 nitrogen and oxygen atoms in total. The lowest BCUT2D eigenvalue weighted by Crippen LogP contribution is -2.30. The van der Waals surface area contributed by atoms with Gasteiger partial charge in [0.05, 0.1) is 20.1 Å². The summed E-state index contributed by atoms with van der Waals surface area (Å²) in [6.07, 6.45) is 10.7. The summed E-state index contributed by atoms with van der Waals surface area (Å²) in [6, 6.07) is 9.87. The third kappa shape index (κ3) is 9.18. The number of unbranched alkanes of at least 4 members (excludes halogenated alkanes) is 2. The van der Waals surface area contributed by atoms with Crippen molar-refractivity contribution in [2.45, 2.75) is 90.2 Å². The van der Waals surface area contributed by atoms with E-state index in [0.29, 0.717) is 79.1 Å². The Hall–Kier alpha value is -4.84. The zero-order valence-corrected chi connectivity index (χ0v) is 38.7. The van der Waals surface area contributed by atoms with E-state index in [1.807, 2.05) is 49.3 Å². The molecule has 0 saturated heterocycles. The highest BCUT2D eigenvalue weighted by Gasteiger charge is 2.47. The molecule has 21 heteroatoms. The fraction of sp³-hybridized carbons (Fsp3) is 0.349. The molecule has 0 amide bonds. The lowest BCUT2D eigenvalue weighted by molar-refractivity contribution is -0.433. The SMILES string of the molecule is CC[N+]1=C(/C=C/C=C/C=C2/N(CCCCCC(=O)O)c3ccc4c(S(=O)(=O)O)cc(S(=O)(=O)O)cc4c3C2(C)CCOC)C(C)(C)c2c1ccc1c(S(=O)(=O)[O-])cc(S(=O)(=O)O)cc21. The number of ether oxygens (including phenoxy) is 1. The number of anilines is 1. The molecule has 2 aliphatic heterocycles. The summed E-state index contributed by atoms with van der Waals surface area (Å²) in [5, 5.41) is 9.53. The standard InChI is InChI=1S/C43H48N2O15S4/c1-6-44-33-18-16-29-31(23-27(61(48,49)50)25-35(29)63(54,55)56)40(33)42(2,3)37(44)13-9-7-10-14-38-43(4,20-22-60-5)41-32-24-28(62(51,52)53)26-36(64(57,58)59)30(32)17-19-34(41)45(38)21-12-8-11-15-39(46)47/h7,9-10,13-14,16-19,23-26H,6,8,11-12,15,20-22H2,1-5H3,(H4-,46,47,48,49,50,51,52,53,54,55,56,57,58,59). The summed E-state index contributed by atoms with van der Waals surface area (Å²) in [6.45, 7) is 8.49. The monoisotopic (exact) mass is 960 g/mol. The predicted molar refractivity (Wildman–Crippen MR) is 237 cm³/mol. The smallest absolute Gasteiger partial charge is 0.303 e. The van der Waals surface area contributed by atoms with E-state index in [2.05, 4.69) is 0 Å². The van der Waals surface area contributed by atoms with E-state index >= 15 is 0 Å². The topological polar surface area (TPSA) is 273 Å². The molecule has 0 saturated carbocycles. The number of methoxy groups -OCH3 is 1. The number of hydrogen-bond acceptors (Lipinski definition) is 12. The van der Waals surface area contributed by atoms with Gasteiger partial charge in [-0.05, 0) is 106 Å². The van der Waals surface area contributed by atoms with Crippen molar-refractivity contribution in [3.63, 3.8) is 0 Å². The van der Waals surface area contributed by atoms with E-state index in [1.54, 1.807) is 30.4 Å². The maximum Gasteiger partial charge on any atom is 0.303 e. The quantitative estimate of drug-likeness (QED) is 0.0381. The number of carboxylic acid groups (broad SMARTS) is 1. The van der Waals surface area contributed by atoms with Gasteiger partial charge in [0, 0.05) is 72.0 Å². The van der Waals surface area contributed by atoms with Crippen molar-refractivity contribution in [3.05, 3.63) is 95.7 Å². The Bertz CT molecular complexity index is 3190. The van der Waals surface area contributed by atoms with Crippen LogP contribution < -0.4 is 4.90 Å². The van der Waals surface area contributed by atoms with Crippen LogP contribution in [0.3, 0.4) is 0 Å². The molecule has 0 spiro atoms. The first-order valence-corrected chi connectivity index (χ1v) is 25.7. The molecule has 6 rings (SSSR count). The third-order valence-corrected chi connectivity index (χ3v) is 15.3. The minimum absolute atomic E-state index is 0.00116. The van der Waals surface area contributed by atoms with E-state index in [9.17, 15) is 61.8 Å². The Balaban J connectivity index is 1.48. The van der Waals surface area contributed by atoms with Crippen molar-refractivity contribution in [2.24, 2.45) is 0 Å². The Morgan fingerprint density at radius 2 is 1.36 bits per heavy atom. The van der Waals surface area contributed by atoms with Crippen LogP contribution in [0.5, 0.6) is 0 Å². The second-order valence-corrected chi connectivity index (χ2v) is 21.9. The average molecular weight is 961 g/mol. The molecular formula is C43H48N2O15S4. The number of aliphatic carboxylic acids is 1. The summed E-state index contributed by atoms with van der Waals surface area (Å²) >= 11 is 0. The molecule has 4 aromatic carbocycles. The van der Waals surface area contributed by atoms with Crippen LogP contribution in [0.15, 0.2) is 104 Å². The van der Waals surface area contributed by atoms with Crippen molar-refractivity contribution in [2.75, 3.05) is 31.7 Å². The second-order valence-electron chi connectivity index (χ2n) is 16.3. The first-order chi connectivity index (χ1) is 29.7. The van der Waals surface area contributed by atoms with Gasteiger partial charge in [0.2, 0.25) is 5.69 Å². The molecule has 1 unspecified atom stereocenters. The van der Waals surface area contributed by atoms with Crippen LogP contribution in [0.25, 0.3) is 21.5 Å². The highest BCUT2D eigenvalue weighted by Crippen LogP contribution is 2.54. The molecule has 2 heterocycles. The Kier molecular flexibility index (Phi) is 13.3. The lowest BCUT2D eigenvalue weighted by atomic mass is 9.76. The molecule has 344 valence electrons. The van der Waals surface area contributed by atoms with Crippen molar-refractivity contribution in [1.82, 2.24) is 0 Å². The van der Waals surface area contributed by atoms with Gasteiger partial charge in [0.25, 0.3) is 30.4 Å². The van der Waals surface area contributed by atoms with E-state index in [-0.39, 0.29) is 34.6 Å². The number of benzene rings is 4. The van der Waals surface area contributed by atoms with Gasteiger partial charge < -0.3 is 19.3 Å². The lowest BCUT2D eigenvalue weighted by Gasteiger charge is -2.30. The van der Waals surface area contributed by atoms with Gasteiger partial charge >= 0.3 is 5.97 Å². The van der Waals surface area contributed by atoms with Gasteiger partial charge in [-0.3, -0.25) is 18.5 Å². The maximum absolute atomic E-state index is 12.6. The first kappa shape index (κ1) is 48.6.